The van der Waals surface area contributed by atoms with E-state index >= 15 is 0 Å². The third kappa shape index (κ3) is 4.01. The Balaban J connectivity index is 1.70. The predicted molar refractivity (Wildman–Crippen MR) is 101 cm³/mol. The summed E-state index contributed by atoms with van der Waals surface area (Å²) in [5, 5.41) is 4.11. The van der Waals surface area contributed by atoms with Gasteiger partial charge in [-0.2, -0.15) is 0 Å². The number of hydrogen-bond donors (Lipinski definition) is 1. The number of rotatable bonds is 3. The molecule has 1 aliphatic rings. The van der Waals surface area contributed by atoms with Gasteiger partial charge in [-0.25, -0.2) is 0 Å². The number of anilines is 2. The highest BCUT2D eigenvalue weighted by molar-refractivity contribution is 6.33. The highest BCUT2D eigenvalue weighted by Crippen LogP contribution is 2.29. The zero-order valence-electron chi connectivity index (χ0n) is 13.4. The number of carbonyl (C=O) groups is 1. The number of amides is 1. The van der Waals surface area contributed by atoms with Gasteiger partial charge in [-0.05, 0) is 49.5 Å². The molecule has 1 fully saturated rings. The van der Waals surface area contributed by atoms with Crippen molar-refractivity contribution in [1.82, 2.24) is 4.90 Å². The summed E-state index contributed by atoms with van der Waals surface area (Å²) in [5.74, 6) is -0.185. The van der Waals surface area contributed by atoms with E-state index in [-0.39, 0.29) is 5.91 Å². The number of likely N-dealkylation sites (N-methyl/N-ethyl adjacent to an activating group) is 1. The van der Waals surface area contributed by atoms with Gasteiger partial charge in [0.25, 0.3) is 5.91 Å². The normalized spacial score (nSPS) is 15.4. The molecule has 2 aromatic rings. The molecule has 0 atom stereocenters. The van der Waals surface area contributed by atoms with E-state index < -0.39 is 0 Å². The van der Waals surface area contributed by atoms with E-state index in [1.165, 1.54) is 0 Å². The number of nitrogens with one attached hydrogen (secondary N) is 1. The van der Waals surface area contributed by atoms with Crippen molar-refractivity contribution >= 4 is 40.5 Å². The zero-order chi connectivity index (χ0) is 17.1. The highest BCUT2D eigenvalue weighted by Gasteiger charge is 2.17. The second-order valence-corrected chi connectivity index (χ2v) is 6.76. The van der Waals surface area contributed by atoms with Crippen LogP contribution in [-0.2, 0) is 0 Å². The molecule has 0 aliphatic carbocycles. The topological polar surface area (TPSA) is 35.6 Å². The number of hydrogen-bond acceptors (Lipinski definition) is 3. The summed E-state index contributed by atoms with van der Waals surface area (Å²) in [6, 6.07) is 12.4. The molecule has 0 radical (unpaired) electrons. The van der Waals surface area contributed by atoms with Crippen molar-refractivity contribution in [2.24, 2.45) is 0 Å². The van der Waals surface area contributed by atoms with Crippen LogP contribution in [0.3, 0.4) is 0 Å². The Kier molecular flexibility index (Phi) is 5.29. The molecule has 6 heteroatoms. The number of halogens is 2. The second kappa shape index (κ2) is 7.43. The lowest BCUT2D eigenvalue weighted by Crippen LogP contribution is -2.44. The van der Waals surface area contributed by atoms with Crippen molar-refractivity contribution in [3.05, 3.63) is 58.1 Å². The van der Waals surface area contributed by atoms with Gasteiger partial charge in [-0.15, -0.1) is 0 Å². The largest absolute Gasteiger partial charge is 0.368 e. The van der Waals surface area contributed by atoms with E-state index in [1.54, 1.807) is 30.3 Å². The molecule has 0 bridgehead atoms. The Morgan fingerprint density at radius 1 is 1.00 bits per heavy atom. The van der Waals surface area contributed by atoms with Crippen molar-refractivity contribution in [2.45, 2.75) is 0 Å². The fourth-order valence-electron chi connectivity index (χ4n) is 2.69. The van der Waals surface area contributed by atoms with Crippen LogP contribution < -0.4 is 10.2 Å². The van der Waals surface area contributed by atoms with Gasteiger partial charge < -0.3 is 15.1 Å². The summed E-state index contributed by atoms with van der Waals surface area (Å²) >= 11 is 12.3. The first-order valence-corrected chi connectivity index (χ1v) is 8.58. The first-order valence-electron chi connectivity index (χ1n) is 7.83. The van der Waals surface area contributed by atoms with Crippen LogP contribution >= 0.6 is 23.2 Å². The van der Waals surface area contributed by atoms with Gasteiger partial charge in [0, 0.05) is 42.5 Å². The molecule has 4 nitrogen and oxygen atoms in total. The summed E-state index contributed by atoms with van der Waals surface area (Å²) in [6.07, 6.45) is 0. The highest BCUT2D eigenvalue weighted by atomic mass is 35.5. The minimum Gasteiger partial charge on any atom is -0.368 e. The first-order chi connectivity index (χ1) is 11.5. The van der Waals surface area contributed by atoms with Crippen LogP contribution in [0.15, 0.2) is 42.5 Å². The third-order valence-corrected chi connectivity index (χ3v) is 4.71. The molecule has 1 saturated heterocycles. The molecule has 0 unspecified atom stereocenters. The van der Waals surface area contributed by atoms with Gasteiger partial charge in [0.2, 0.25) is 0 Å². The summed E-state index contributed by atoms with van der Waals surface area (Å²) in [7, 11) is 2.12. The molecule has 2 aromatic carbocycles. The molecule has 0 spiro atoms. The number of carbonyl (C=O) groups excluding carboxylic acids is 1. The molecule has 0 aromatic heterocycles. The van der Waals surface area contributed by atoms with Gasteiger partial charge in [-0.3, -0.25) is 4.79 Å². The zero-order valence-corrected chi connectivity index (χ0v) is 14.9. The van der Waals surface area contributed by atoms with Crippen molar-refractivity contribution in [2.75, 3.05) is 43.4 Å². The summed E-state index contributed by atoms with van der Waals surface area (Å²) in [4.78, 5) is 16.8. The maximum Gasteiger partial charge on any atom is 0.255 e. The van der Waals surface area contributed by atoms with Crippen molar-refractivity contribution in [3.63, 3.8) is 0 Å². The van der Waals surface area contributed by atoms with E-state index in [1.807, 2.05) is 12.1 Å². The SMILES string of the molecule is CN1CCN(c2ccc(NC(=O)c3ccc(Cl)cc3)cc2Cl)CC1. The maximum absolute atomic E-state index is 12.2. The van der Waals surface area contributed by atoms with Gasteiger partial charge in [0.05, 0.1) is 10.7 Å². The standard InChI is InChI=1S/C18H19Cl2N3O/c1-22-8-10-23(11-9-22)17-7-6-15(12-16(17)20)21-18(24)13-2-4-14(19)5-3-13/h2-7,12H,8-11H2,1H3,(H,21,24). The van der Waals surface area contributed by atoms with Crippen molar-refractivity contribution in [1.29, 1.82) is 0 Å². The van der Waals surface area contributed by atoms with E-state index in [0.717, 1.165) is 31.9 Å². The molecular weight excluding hydrogens is 345 g/mol. The second-order valence-electron chi connectivity index (χ2n) is 5.92. The Bertz CT molecular complexity index is 726. The molecule has 3 rings (SSSR count). The molecule has 1 amide bonds. The van der Waals surface area contributed by atoms with Crippen LogP contribution in [0.5, 0.6) is 0 Å². The van der Waals surface area contributed by atoms with Crippen LogP contribution in [0.25, 0.3) is 0 Å². The molecule has 1 heterocycles. The molecule has 1 N–H and O–H groups in total. The number of piperazine rings is 1. The Labute approximate surface area is 152 Å². The van der Waals surface area contributed by atoms with Crippen LogP contribution in [0, 0.1) is 0 Å². The fraction of sp³-hybridized carbons (Fsp3) is 0.278. The summed E-state index contributed by atoms with van der Waals surface area (Å²) in [6.45, 7) is 3.94. The average Bonchev–Trinajstić information content (AvgIpc) is 2.57. The van der Waals surface area contributed by atoms with Crippen LogP contribution in [0.4, 0.5) is 11.4 Å². The first kappa shape index (κ1) is 17.1. The van der Waals surface area contributed by atoms with Gasteiger partial charge in [0.15, 0.2) is 0 Å². The van der Waals surface area contributed by atoms with E-state index in [2.05, 4.69) is 22.2 Å². The van der Waals surface area contributed by atoms with Gasteiger partial charge >= 0.3 is 0 Å². The molecular formula is C18H19Cl2N3O. The summed E-state index contributed by atoms with van der Waals surface area (Å²) < 4.78 is 0. The maximum atomic E-state index is 12.2. The van der Waals surface area contributed by atoms with E-state index in [9.17, 15) is 4.79 Å². The number of nitrogens with zero attached hydrogens (tertiary/aromatic N) is 2. The van der Waals surface area contributed by atoms with Gasteiger partial charge in [-0.1, -0.05) is 23.2 Å². The lowest BCUT2D eigenvalue weighted by atomic mass is 10.2. The number of benzene rings is 2. The van der Waals surface area contributed by atoms with Crippen LogP contribution in [-0.4, -0.2) is 44.0 Å². The smallest absolute Gasteiger partial charge is 0.255 e. The van der Waals surface area contributed by atoms with E-state index in [4.69, 9.17) is 23.2 Å². The Morgan fingerprint density at radius 2 is 1.67 bits per heavy atom. The molecule has 24 heavy (non-hydrogen) atoms. The Morgan fingerprint density at radius 3 is 2.29 bits per heavy atom. The predicted octanol–water partition coefficient (Wildman–Crippen LogP) is 4.00. The molecule has 1 aliphatic heterocycles. The molecule has 0 saturated carbocycles. The van der Waals surface area contributed by atoms with Crippen LogP contribution in [0.2, 0.25) is 10.0 Å². The van der Waals surface area contributed by atoms with Gasteiger partial charge in [0.1, 0.15) is 0 Å². The minimum atomic E-state index is -0.185. The quantitative estimate of drug-likeness (QED) is 0.894. The third-order valence-electron chi connectivity index (χ3n) is 4.16. The monoisotopic (exact) mass is 363 g/mol. The molecule has 126 valence electrons. The van der Waals surface area contributed by atoms with Crippen LogP contribution in [0.1, 0.15) is 10.4 Å². The average molecular weight is 364 g/mol. The van der Waals surface area contributed by atoms with E-state index in [0.29, 0.717) is 21.3 Å². The lowest BCUT2D eigenvalue weighted by molar-refractivity contribution is 0.102. The Hall–Kier alpha value is -1.75. The summed E-state index contributed by atoms with van der Waals surface area (Å²) in [5.41, 5.74) is 2.24. The fourth-order valence-corrected chi connectivity index (χ4v) is 3.12. The lowest BCUT2D eigenvalue weighted by Gasteiger charge is -2.34. The van der Waals surface area contributed by atoms with Crippen molar-refractivity contribution in [3.8, 4) is 0 Å². The van der Waals surface area contributed by atoms with Crippen molar-refractivity contribution < 1.29 is 4.79 Å². The minimum absolute atomic E-state index is 0.185.